The maximum Gasteiger partial charge on any atom is 0.410 e. The second-order valence-corrected chi connectivity index (χ2v) is 8.65. The lowest BCUT2D eigenvalue weighted by atomic mass is 10.0. The van der Waals surface area contributed by atoms with Gasteiger partial charge in [0.2, 0.25) is 0 Å². The Hall–Kier alpha value is -3.61. The van der Waals surface area contributed by atoms with Gasteiger partial charge >= 0.3 is 6.09 Å². The van der Waals surface area contributed by atoms with Crippen molar-refractivity contribution in [2.45, 2.75) is 44.4 Å². The Labute approximate surface area is 193 Å². The first kappa shape index (κ1) is 21.2. The molecule has 7 heteroatoms. The van der Waals surface area contributed by atoms with Gasteiger partial charge in [-0.25, -0.2) is 9.78 Å². The lowest BCUT2D eigenvalue weighted by molar-refractivity contribution is 0.0498. The van der Waals surface area contributed by atoms with E-state index < -0.39 is 0 Å². The molecule has 1 saturated carbocycles. The number of carbonyl (C=O) groups is 2. The average molecular weight is 446 g/mol. The van der Waals surface area contributed by atoms with E-state index in [-0.39, 0.29) is 24.6 Å². The molecule has 1 aliphatic carbocycles. The Bertz CT molecular complexity index is 1070. The van der Waals surface area contributed by atoms with Gasteiger partial charge in [-0.1, -0.05) is 42.5 Å². The van der Waals surface area contributed by atoms with Crippen molar-refractivity contribution in [1.29, 1.82) is 0 Å². The van der Waals surface area contributed by atoms with E-state index in [2.05, 4.69) is 9.88 Å². The summed E-state index contributed by atoms with van der Waals surface area (Å²) < 4.78 is 10.8. The molecule has 2 aliphatic rings. The summed E-state index contributed by atoms with van der Waals surface area (Å²) in [6.45, 7) is 1.47. The molecule has 0 atom stereocenters. The third kappa shape index (κ3) is 4.92. The van der Waals surface area contributed by atoms with Crippen molar-refractivity contribution in [1.82, 2.24) is 14.8 Å². The molecule has 0 unspecified atom stereocenters. The molecule has 1 aliphatic heterocycles. The van der Waals surface area contributed by atoms with Crippen molar-refractivity contribution in [3.05, 3.63) is 78.3 Å². The number of hydrogen-bond acceptors (Lipinski definition) is 5. The lowest BCUT2D eigenvalue weighted by Crippen LogP contribution is -2.49. The Balaban J connectivity index is 1.18. The highest BCUT2D eigenvalue weighted by Gasteiger charge is 2.39. The molecular formula is C26H27N3O4. The molecule has 33 heavy (non-hydrogen) atoms. The summed E-state index contributed by atoms with van der Waals surface area (Å²) in [7, 11) is 0. The van der Waals surface area contributed by atoms with Gasteiger partial charge in [0.05, 0.1) is 6.20 Å². The number of likely N-dealkylation sites (tertiary alicyclic amines) is 1. The number of amides is 2. The van der Waals surface area contributed by atoms with E-state index in [0.29, 0.717) is 30.5 Å². The second-order valence-electron chi connectivity index (χ2n) is 8.65. The minimum absolute atomic E-state index is 0.0618. The van der Waals surface area contributed by atoms with Crippen LogP contribution in [0, 0.1) is 0 Å². The molecule has 3 aromatic rings. The highest BCUT2D eigenvalue weighted by atomic mass is 16.6. The van der Waals surface area contributed by atoms with Gasteiger partial charge in [-0.05, 0) is 43.4 Å². The molecule has 0 N–H and O–H groups in total. The van der Waals surface area contributed by atoms with Gasteiger partial charge in [-0.15, -0.1) is 0 Å². The Morgan fingerprint density at radius 1 is 0.970 bits per heavy atom. The fourth-order valence-electron chi connectivity index (χ4n) is 4.40. The van der Waals surface area contributed by atoms with Gasteiger partial charge in [0.15, 0.2) is 12.2 Å². The molecule has 2 aromatic carbocycles. The predicted octanol–water partition coefficient (Wildman–Crippen LogP) is 4.75. The van der Waals surface area contributed by atoms with Crippen molar-refractivity contribution in [2.24, 2.45) is 0 Å². The summed E-state index contributed by atoms with van der Waals surface area (Å²) in [6.07, 6.45) is 6.38. The number of oxazole rings is 1. The van der Waals surface area contributed by atoms with Gasteiger partial charge < -0.3 is 19.0 Å². The number of nitrogens with zero attached hydrogens (tertiary/aromatic N) is 3. The van der Waals surface area contributed by atoms with Gasteiger partial charge in [-0.3, -0.25) is 4.79 Å². The fraction of sp³-hybridized carbons (Fsp3) is 0.346. The average Bonchev–Trinajstić information content (AvgIpc) is 3.54. The van der Waals surface area contributed by atoms with Crippen LogP contribution in [0.3, 0.4) is 0 Å². The zero-order chi connectivity index (χ0) is 22.6. The van der Waals surface area contributed by atoms with Crippen LogP contribution in [0.1, 0.15) is 41.6 Å². The number of ether oxygens (including phenoxy) is 1. The maximum atomic E-state index is 13.4. The minimum Gasteiger partial charge on any atom is -0.445 e. The standard InChI is InChI=1S/C26H27N3O4/c30-25(21-8-6-20(7-9-21)24-16-27-18-33-24)29(22-10-11-22)23-12-14-28(15-13-23)26(31)32-17-19-4-2-1-3-5-19/h1-9,16,18,22-23H,10-15,17H2. The quantitative estimate of drug-likeness (QED) is 0.547. The van der Waals surface area contributed by atoms with Crippen LogP contribution in [-0.2, 0) is 11.3 Å². The third-order valence-corrected chi connectivity index (χ3v) is 6.34. The van der Waals surface area contributed by atoms with Crippen LogP contribution in [0.15, 0.2) is 71.6 Å². The van der Waals surface area contributed by atoms with E-state index >= 15 is 0 Å². The Kier molecular flexibility index (Phi) is 6.11. The van der Waals surface area contributed by atoms with Gasteiger partial charge in [-0.2, -0.15) is 0 Å². The normalized spacial score (nSPS) is 16.4. The van der Waals surface area contributed by atoms with Gasteiger partial charge in [0.25, 0.3) is 5.91 Å². The molecule has 7 nitrogen and oxygen atoms in total. The lowest BCUT2D eigenvalue weighted by Gasteiger charge is -2.38. The van der Waals surface area contributed by atoms with E-state index in [4.69, 9.17) is 9.15 Å². The van der Waals surface area contributed by atoms with Crippen molar-refractivity contribution >= 4 is 12.0 Å². The number of hydrogen-bond donors (Lipinski definition) is 0. The van der Waals surface area contributed by atoms with Gasteiger partial charge in [0, 0.05) is 36.3 Å². The summed E-state index contributed by atoms with van der Waals surface area (Å²) in [4.78, 5) is 33.6. The van der Waals surface area contributed by atoms with Crippen LogP contribution in [0.25, 0.3) is 11.3 Å². The maximum absolute atomic E-state index is 13.4. The van der Waals surface area contributed by atoms with E-state index in [9.17, 15) is 9.59 Å². The Morgan fingerprint density at radius 2 is 1.67 bits per heavy atom. The Morgan fingerprint density at radius 3 is 2.30 bits per heavy atom. The first-order chi connectivity index (χ1) is 16.2. The summed E-state index contributed by atoms with van der Waals surface area (Å²) in [5.74, 6) is 0.742. The number of rotatable bonds is 6. The molecule has 0 spiro atoms. The van der Waals surface area contributed by atoms with Gasteiger partial charge in [0.1, 0.15) is 6.61 Å². The molecule has 170 valence electrons. The van der Waals surface area contributed by atoms with Crippen LogP contribution in [0.4, 0.5) is 4.79 Å². The number of benzene rings is 2. The predicted molar refractivity (Wildman–Crippen MR) is 122 cm³/mol. The molecule has 0 radical (unpaired) electrons. The largest absolute Gasteiger partial charge is 0.445 e. The van der Waals surface area contributed by atoms with Crippen LogP contribution in [0.5, 0.6) is 0 Å². The van der Waals surface area contributed by atoms with Crippen molar-refractivity contribution in [3.8, 4) is 11.3 Å². The molecule has 2 heterocycles. The number of piperidine rings is 1. The van der Waals surface area contributed by atoms with Crippen LogP contribution in [0.2, 0.25) is 0 Å². The molecule has 2 fully saturated rings. The zero-order valence-corrected chi connectivity index (χ0v) is 18.4. The van der Waals surface area contributed by atoms with Crippen LogP contribution < -0.4 is 0 Å². The highest BCUT2D eigenvalue weighted by molar-refractivity contribution is 5.95. The first-order valence-corrected chi connectivity index (χ1v) is 11.5. The molecule has 5 rings (SSSR count). The van der Waals surface area contributed by atoms with Crippen molar-refractivity contribution in [3.63, 3.8) is 0 Å². The summed E-state index contributed by atoms with van der Waals surface area (Å²) in [5.41, 5.74) is 2.54. The number of aromatic nitrogens is 1. The second kappa shape index (κ2) is 9.48. The summed E-state index contributed by atoms with van der Waals surface area (Å²) >= 11 is 0. The highest BCUT2D eigenvalue weighted by Crippen LogP contribution is 2.33. The number of carbonyl (C=O) groups excluding carboxylic acids is 2. The fourth-order valence-corrected chi connectivity index (χ4v) is 4.40. The SMILES string of the molecule is O=C(OCc1ccccc1)N1CCC(N(C(=O)c2ccc(-c3cnco3)cc2)C2CC2)CC1. The van der Waals surface area contributed by atoms with E-state index in [0.717, 1.165) is 36.8 Å². The summed E-state index contributed by atoms with van der Waals surface area (Å²) in [6, 6.07) is 17.6. The monoisotopic (exact) mass is 445 g/mol. The van der Waals surface area contributed by atoms with Crippen LogP contribution >= 0.6 is 0 Å². The summed E-state index contributed by atoms with van der Waals surface area (Å²) in [5, 5.41) is 0. The molecule has 1 aromatic heterocycles. The van der Waals surface area contributed by atoms with E-state index in [1.807, 2.05) is 54.6 Å². The zero-order valence-electron chi connectivity index (χ0n) is 18.4. The first-order valence-electron chi connectivity index (χ1n) is 11.5. The van der Waals surface area contributed by atoms with Crippen molar-refractivity contribution in [2.75, 3.05) is 13.1 Å². The smallest absolute Gasteiger partial charge is 0.410 e. The van der Waals surface area contributed by atoms with E-state index in [1.165, 1.54) is 6.39 Å². The topological polar surface area (TPSA) is 75.9 Å². The molecule has 0 bridgehead atoms. The minimum atomic E-state index is -0.287. The van der Waals surface area contributed by atoms with Crippen LogP contribution in [-0.4, -0.2) is 52.0 Å². The molecular weight excluding hydrogens is 418 g/mol. The molecule has 2 amide bonds. The van der Waals surface area contributed by atoms with E-state index in [1.54, 1.807) is 11.1 Å². The van der Waals surface area contributed by atoms with Crippen molar-refractivity contribution < 1.29 is 18.7 Å². The third-order valence-electron chi connectivity index (χ3n) is 6.34. The molecule has 1 saturated heterocycles.